The van der Waals surface area contributed by atoms with Crippen LogP contribution in [0.2, 0.25) is 0 Å². The first-order valence-corrected chi connectivity index (χ1v) is 9.26. The van der Waals surface area contributed by atoms with Crippen LogP contribution in [0.25, 0.3) is 0 Å². The van der Waals surface area contributed by atoms with Gasteiger partial charge in [0, 0.05) is 26.7 Å². The largest absolute Gasteiger partial charge is 0.354 e. The van der Waals surface area contributed by atoms with Gasteiger partial charge in [0.1, 0.15) is 12.4 Å². The molecule has 3 rings (SSSR count). The van der Waals surface area contributed by atoms with Crippen LogP contribution in [0.1, 0.15) is 24.8 Å². The molecule has 28 heavy (non-hydrogen) atoms. The number of hydrogen-bond donors (Lipinski definition) is 1. The molecule has 1 fully saturated rings. The second-order valence-corrected chi connectivity index (χ2v) is 6.92. The standard InChI is InChI=1S/C19H26N6O2.HI/c1-15-13-23(10-8-18(15)16-6-4-3-5-7-16)19(20-2)21-9-11-24-14-17(12-22-24)25(26)27;/h3-7,12,14-15,18H,8-11,13H2,1-2H3,(H,20,21);1H. The first-order valence-electron chi connectivity index (χ1n) is 9.26. The Labute approximate surface area is 182 Å². The molecular formula is C19H27IN6O2. The van der Waals surface area contributed by atoms with Gasteiger partial charge < -0.3 is 10.2 Å². The predicted octanol–water partition coefficient (Wildman–Crippen LogP) is 3.11. The first-order chi connectivity index (χ1) is 13.1. The number of hydrogen-bond acceptors (Lipinski definition) is 4. The number of benzene rings is 1. The summed E-state index contributed by atoms with van der Waals surface area (Å²) >= 11 is 0. The molecule has 2 heterocycles. The summed E-state index contributed by atoms with van der Waals surface area (Å²) in [6, 6.07) is 10.7. The van der Waals surface area contributed by atoms with Crippen molar-refractivity contribution in [3.05, 3.63) is 58.4 Å². The molecule has 1 aromatic carbocycles. The van der Waals surface area contributed by atoms with Crippen LogP contribution < -0.4 is 5.32 Å². The second kappa shape index (κ2) is 10.4. The summed E-state index contributed by atoms with van der Waals surface area (Å²) in [4.78, 5) is 17.0. The Kier molecular flexibility index (Phi) is 8.21. The van der Waals surface area contributed by atoms with Crippen LogP contribution in [0.4, 0.5) is 5.69 Å². The molecule has 9 heteroatoms. The topological polar surface area (TPSA) is 88.6 Å². The van der Waals surface area contributed by atoms with Crippen LogP contribution in [0.15, 0.2) is 47.7 Å². The quantitative estimate of drug-likeness (QED) is 0.225. The van der Waals surface area contributed by atoms with E-state index in [2.05, 4.69) is 57.6 Å². The minimum Gasteiger partial charge on any atom is -0.354 e. The summed E-state index contributed by atoms with van der Waals surface area (Å²) < 4.78 is 1.57. The van der Waals surface area contributed by atoms with Gasteiger partial charge in [-0.15, -0.1) is 24.0 Å². The molecule has 0 spiro atoms. The van der Waals surface area contributed by atoms with Crippen LogP contribution in [-0.2, 0) is 6.54 Å². The Bertz CT molecular complexity index is 795. The molecule has 0 aliphatic carbocycles. The van der Waals surface area contributed by atoms with Gasteiger partial charge >= 0.3 is 5.69 Å². The van der Waals surface area contributed by atoms with Gasteiger partial charge in [0.15, 0.2) is 5.96 Å². The third-order valence-electron chi connectivity index (χ3n) is 5.10. The number of rotatable bonds is 5. The number of aromatic nitrogens is 2. The van der Waals surface area contributed by atoms with E-state index in [-0.39, 0.29) is 29.7 Å². The van der Waals surface area contributed by atoms with Crippen molar-refractivity contribution in [2.45, 2.75) is 25.8 Å². The highest BCUT2D eigenvalue weighted by Gasteiger charge is 2.28. The highest BCUT2D eigenvalue weighted by atomic mass is 127. The molecule has 1 N–H and O–H groups in total. The number of halogens is 1. The normalized spacial score (nSPS) is 19.8. The number of nitrogens with zero attached hydrogens (tertiary/aromatic N) is 5. The van der Waals surface area contributed by atoms with Crippen molar-refractivity contribution in [3.8, 4) is 0 Å². The zero-order chi connectivity index (χ0) is 19.2. The molecule has 1 aliphatic rings. The molecular weight excluding hydrogens is 471 g/mol. The molecule has 8 nitrogen and oxygen atoms in total. The lowest BCUT2D eigenvalue weighted by molar-refractivity contribution is -0.385. The van der Waals surface area contributed by atoms with Crippen LogP contribution >= 0.6 is 24.0 Å². The summed E-state index contributed by atoms with van der Waals surface area (Å²) in [6.45, 7) is 5.35. The lowest BCUT2D eigenvalue weighted by atomic mass is 9.82. The van der Waals surface area contributed by atoms with Gasteiger partial charge in [-0.05, 0) is 23.8 Å². The number of guanidine groups is 1. The van der Waals surface area contributed by atoms with E-state index >= 15 is 0 Å². The van der Waals surface area contributed by atoms with Gasteiger partial charge in [-0.3, -0.25) is 19.8 Å². The molecule has 0 bridgehead atoms. The Balaban J connectivity index is 0.00000280. The number of piperidine rings is 1. The molecule has 2 unspecified atom stereocenters. The van der Waals surface area contributed by atoms with Crippen molar-refractivity contribution >= 4 is 35.6 Å². The number of nitrogens with one attached hydrogen (secondary N) is 1. The molecule has 0 amide bonds. The van der Waals surface area contributed by atoms with E-state index in [1.807, 2.05) is 0 Å². The van der Waals surface area contributed by atoms with Crippen molar-refractivity contribution in [3.63, 3.8) is 0 Å². The highest BCUT2D eigenvalue weighted by Crippen LogP contribution is 2.32. The van der Waals surface area contributed by atoms with Crippen molar-refractivity contribution in [2.75, 3.05) is 26.7 Å². The Morgan fingerprint density at radius 3 is 2.75 bits per heavy atom. The number of aliphatic imine (C=N–C) groups is 1. The van der Waals surface area contributed by atoms with Crippen LogP contribution in [0.5, 0.6) is 0 Å². The molecule has 0 saturated carbocycles. The van der Waals surface area contributed by atoms with Gasteiger partial charge in [-0.25, -0.2) is 0 Å². The van der Waals surface area contributed by atoms with Gasteiger partial charge in [0.25, 0.3) is 0 Å². The van der Waals surface area contributed by atoms with E-state index in [1.165, 1.54) is 18.0 Å². The second-order valence-electron chi connectivity index (χ2n) is 6.92. The molecule has 1 aliphatic heterocycles. The van der Waals surface area contributed by atoms with Gasteiger partial charge in [0.05, 0.1) is 11.5 Å². The van der Waals surface area contributed by atoms with Crippen LogP contribution in [-0.4, -0.2) is 52.2 Å². The van der Waals surface area contributed by atoms with Crippen LogP contribution in [0, 0.1) is 16.0 Å². The van der Waals surface area contributed by atoms with Crippen molar-refractivity contribution in [1.82, 2.24) is 20.0 Å². The van der Waals surface area contributed by atoms with Gasteiger partial charge in [0.2, 0.25) is 0 Å². The summed E-state index contributed by atoms with van der Waals surface area (Å²) in [5.74, 6) is 1.98. The molecule has 2 aromatic rings. The Hall–Kier alpha value is -2.17. The molecule has 2 atom stereocenters. The van der Waals surface area contributed by atoms with Crippen LogP contribution in [0.3, 0.4) is 0 Å². The Morgan fingerprint density at radius 1 is 1.39 bits per heavy atom. The average Bonchev–Trinajstić information content (AvgIpc) is 3.15. The van der Waals surface area contributed by atoms with E-state index in [0.717, 1.165) is 25.5 Å². The van der Waals surface area contributed by atoms with E-state index in [4.69, 9.17) is 0 Å². The molecule has 1 aromatic heterocycles. The van der Waals surface area contributed by atoms with Gasteiger partial charge in [-0.1, -0.05) is 37.3 Å². The molecule has 1 saturated heterocycles. The lowest BCUT2D eigenvalue weighted by Crippen LogP contribution is -2.48. The highest BCUT2D eigenvalue weighted by molar-refractivity contribution is 14.0. The van der Waals surface area contributed by atoms with E-state index < -0.39 is 4.92 Å². The number of nitro groups is 1. The third kappa shape index (κ3) is 5.43. The fourth-order valence-electron chi connectivity index (χ4n) is 3.72. The smallest absolute Gasteiger partial charge is 0.306 e. The maximum Gasteiger partial charge on any atom is 0.306 e. The monoisotopic (exact) mass is 498 g/mol. The minimum absolute atomic E-state index is 0. The first kappa shape index (κ1) is 22.1. The lowest BCUT2D eigenvalue weighted by Gasteiger charge is -2.38. The summed E-state index contributed by atoms with van der Waals surface area (Å²) in [6.07, 6.45) is 3.81. The minimum atomic E-state index is -0.436. The summed E-state index contributed by atoms with van der Waals surface area (Å²) in [5, 5.41) is 18.1. The Morgan fingerprint density at radius 2 is 2.14 bits per heavy atom. The zero-order valence-corrected chi connectivity index (χ0v) is 18.5. The van der Waals surface area contributed by atoms with E-state index in [1.54, 1.807) is 11.7 Å². The predicted molar refractivity (Wildman–Crippen MR) is 120 cm³/mol. The maximum absolute atomic E-state index is 10.7. The summed E-state index contributed by atoms with van der Waals surface area (Å²) in [5.41, 5.74) is 1.42. The molecule has 0 radical (unpaired) electrons. The summed E-state index contributed by atoms with van der Waals surface area (Å²) in [7, 11) is 1.79. The van der Waals surface area contributed by atoms with Crippen molar-refractivity contribution in [1.29, 1.82) is 0 Å². The average molecular weight is 498 g/mol. The zero-order valence-electron chi connectivity index (χ0n) is 16.2. The van der Waals surface area contributed by atoms with Crippen molar-refractivity contribution in [2.24, 2.45) is 10.9 Å². The fraction of sp³-hybridized carbons (Fsp3) is 0.474. The number of likely N-dealkylation sites (tertiary alicyclic amines) is 1. The third-order valence-corrected chi connectivity index (χ3v) is 5.10. The SMILES string of the molecule is CN=C(NCCn1cc([N+](=O)[O-])cn1)N1CCC(c2ccccc2)C(C)C1.I. The fourth-order valence-corrected chi connectivity index (χ4v) is 3.72. The van der Waals surface area contributed by atoms with Crippen molar-refractivity contribution < 1.29 is 4.92 Å². The molecule has 152 valence electrons. The van der Waals surface area contributed by atoms with E-state index in [9.17, 15) is 10.1 Å². The maximum atomic E-state index is 10.7. The van der Waals surface area contributed by atoms with Gasteiger partial charge in [-0.2, -0.15) is 5.10 Å². The van der Waals surface area contributed by atoms with E-state index in [0.29, 0.717) is 24.9 Å².